The third-order valence-electron chi connectivity index (χ3n) is 2.38. The number of carbonyl (C=O) groups excluding carboxylic acids is 2. The van der Waals surface area contributed by atoms with Crippen molar-refractivity contribution in [3.05, 3.63) is 35.4 Å². The third-order valence-corrected chi connectivity index (χ3v) is 2.38. The van der Waals surface area contributed by atoms with Crippen LogP contribution in [0.1, 0.15) is 29.3 Å². The number of nitrogen functional groups attached to an aromatic ring is 1. The van der Waals surface area contributed by atoms with E-state index in [9.17, 15) is 9.59 Å². The smallest absolute Gasteiger partial charge is 0.339 e. The van der Waals surface area contributed by atoms with E-state index in [2.05, 4.69) is 4.74 Å². The number of hydrogen-bond acceptors (Lipinski definition) is 5. The Labute approximate surface area is 112 Å². The number of methoxy groups -OCH3 is 1. The standard InChI is InChI=1S/C14H17NO4/c1-3-19-13(16)6-4-5-10-7-8-12(15)11(9-10)14(17)18-2/h4-5,7-9H,3,6,15H2,1-2H3. The van der Waals surface area contributed by atoms with Gasteiger partial charge in [0, 0.05) is 5.69 Å². The Balaban J connectivity index is 2.77. The highest BCUT2D eigenvalue weighted by Gasteiger charge is 2.09. The van der Waals surface area contributed by atoms with E-state index in [1.807, 2.05) is 0 Å². The van der Waals surface area contributed by atoms with Gasteiger partial charge < -0.3 is 15.2 Å². The first-order valence-corrected chi connectivity index (χ1v) is 5.88. The highest BCUT2D eigenvalue weighted by molar-refractivity contribution is 5.95. The lowest BCUT2D eigenvalue weighted by Gasteiger charge is -2.04. The lowest BCUT2D eigenvalue weighted by atomic mass is 10.1. The van der Waals surface area contributed by atoms with Crippen molar-refractivity contribution in [2.75, 3.05) is 19.5 Å². The molecule has 5 nitrogen and oxygen atoms in total. The quantitative estimate of drug-likeness (QED) is 0.649. The summed E-state index contributed by atoms with van der Waals surface area (Å²) in [6.45, 7) is 2.12. The maximum absolute atomic E-state index is 11.5. The highest BCUT2D eigenvalue weighted by atomic mass is 16.5. The van der Waals surface area contributed by atoms with E-state index in [1.165, 1.54) is 7.11 Å². The van der Waals surface area contributed by atoms with Crippen molar-refractivity contribution in [1.82, 2.24) is 0 Å². The number of anilines is 1. The molecule has 0 fully saturated rings. The van der Waals surface area contributed by atoms with E-state index >= 15 is 0 Å². The van der Waals surface area contributed by atoms with Crippen LogP contribution in [0.4, 0.5) is 5.69 Å². The van der Waals surface area contributed by atoms with E-state index in [1.54, 1.807) is 37.3 Å². The largest absolute Gasteiger partial charge is 0.466 e. The molecule has 1 aromatic rings. The second-order valence-corrected chi connectivity index (χ2v) is 3.75. The minimum atomic E-state index is -0.488. The summed E-state index contributed by atoms with van der Waals surface area (Å²) in [6, 6.07) is 4.99. The molecule has 0 radical (unpaired) electrons. The Hall–Kier alpha value is -2.30. The summed E-state index contributed by atoms with van der Waals surface area (Å²) >= 11 is 0. The van der Waals surface area contributed by atoms with E-state index in [-0.39, 0.29) is 12.4 Å². The minimum Gasteiger partial charge on any atom is -0.466 e. The molecule has 0 amide bonds. The molecule has 0 aliphatic heterocycles. The van der Waals surface area contributed by atoms with Crippen LogP contribution in [0.3, 0.4) is 0 Å². The minimum absolute atomic E-state index is 0.186. The monoisotopic (exact) mass is 263 g/mol. The molecule has 0 atom stereocenters. The predicted octanol–water partition coefficient (Wildman–Crippen LogP) is 2.02. The van der Waals surface area contributed by atoms with Gasteiger partial charge in [-0.05, 0) is 24.6 Å². The molecule has 0 heterocycles. The number of rotatable bonds is 5. The molecule has 0 spiro atoms. The fourth-order valence-corrected chi connectivity index (χ4v) is 1.48. The Morgan fingerprint density at radius 3 is 2.74 bits per heavy atom. The van der Waals surface area contributed by atoms with Gasteiger partial charge in [-0.25, -0.2) is 4.79 Å². The summed E-state index contributed by atoms with van der Waals surface area (Å²) in [4.78, 5) is 22.6. The predicted molar refractivity (Wildman–Crippen MR) is 72.5 cm³/mol. The summed E-state index contributed by atoms with van der Waals surface area (Å²) in [6.07, 6.45) is 3.58. The highest BCUT2D eigenvalue weighted by Crippen LogP contribution is 2.16. The zero-order chi connectivity index (χ0) is 14.3. The Morgan fingerprint density at radius 2 is 2.11 bits per heavy atom. The van der Waals surface area contributed by atoms with Crippen LogP contribution in [-0.4, -0.2) is 25.7 Å². The summed E-state index contributed by atoms with van der Waals surface area (Å²) in [5.74, 6) is -0.777. The second-order valence-electron chi connectivity index (χ2n) is 3.75. The zero-order valence-corrected chi connectivity index (χ0v) is 11.0. The Kier molecular flexibility index (Phi) is 5.60. The van der Waals surface area contributed by atoms with Crippen LogP contribution in [0.5, 0.6) is 0 Å². The topological polar surface area (TPSA) is 78.6 Å². The summed E-state index contributed by atoms with van der Waals surface area (Å²) in [5.41, 5.74) is 7.11. The van der Waals surface area contributed by atoms with E-state index in [0.717, 1.165) is 5.56 Å². The van der Waals surface area contributed by atoms with Crippen LogP contribution in [0, 0.1) is 0 Å². The van der Waals surface area contributed by atoms with Gasteiger partial charge in [-0.15, -0.1) is 0 Å². The number of benzene rings is 1. The van der Waals surface area contributed by atoms with Crippen molar-refractivity contribution >= 4 is 23.7 Å². The number of ether oxygens (including phenoxy) is 2. The molecule has 1 rings (SSSR count). The van der Waals surface area contributed by atoms with Gasteiger partial charge in [-0.3, -0.25) is 4.79 Å². The van der Waals surface area contributed by atoms with Gasteiger partial charge in [0.1, 0.15) is 0 Å². The molecule has 2 N–H and O–H groups in total. The van der Waals surface area contributed by atoms with Gasteiger partial charge in [0.05, 0.1) is 25.7 Å². The zero-order valence-electron chi connectivity index (χ0n) is 11.0. The SMILES string of the molecule is CCOC(=O)CC=Cc1ccc(N)c(C(=O)OC)c1. The maximum Gasteiger partial charge on any atom is 0.339 e. The fraction of sp³-hybridized carbons (Fsp3) is 0.286. The van der Waals surface area contributed by atoms with Crippen LogP contribution in [0.15, 0.2) is 24.3 Å². The van der Waals surface area contributed by atoms with Gasteiger partial charge in [0.25, 0.3) is 0 Å². The van der Waals surface area contributed by atoms with Gasteiger partial charge in [-0.2, -0.15) is 0 Å². The fourth-order valence-electron chi connectivity index (χ4n) is 1.48. The summed E-state index contributed by atoms with van der Waals surface area (Å²) in [7, 11) is 1.30. The van der Waals surface area contributed by atoms with E-state index < -0.39 is 5.97 Å². The third kappa shape index (κ3) is 4.46. The first kappa shape index (κ1) is 14.8. The summed E-state index contributed by atoms with van der Waals surface area (Å²) in [5, 5.41) is 0. The Bertz CT molecular complexity index is 494. The molecule has 5 heteroatoms. The second kappa shape index (κ2) is 7.20. The number of carbonyl (C=O) groups is 2. The van der Waals surface area contributed by atoms with Crippen LogP contribution in [0.25, 0.3) is 6.08 Å². The molecule has 0 aromatic heterocycles. The lowest BCUT2D eigenvalue weighted by molar-refractivity contribution is -0.142. The summed E-state index contributed by atoms with van der Waals surface area (Å²) < 4.78 is 9.42. The molecule has 0 saturated heterocycles. The van der Waals surface area contributed by atoms with Gasteiger partial charge in [-0.1, -0.05) is 18.2 Å². The Morgan fingerprint density at radius 1 is 1.37 bits per heavy atom. The molecule has 0 saturated carbocycles. The number of esters is 2. The van der Waals surface area contributed by atoms with E-state index in [4.69, 9.17) is 10.5 Å². The molecule has 0 bridgehead atoms. The first-order chi connectivity index (χ1) is 9.08. The molecular formula is C14H17NO4. The van der Waals surface area contributed by atoms with E-state index in [0.29, 0.717) is 17.9 Å². The van der Waals surface area contributed by atoms with Crippen molar-refractivity contribution in [1.29, 1.82) is 0 Å². The maximum atomic E-state index is 11.5. The molecule has 0 unspecified atom stereocenters. The van der Waals surface area contributed by atoms with Crippen LogP contribution in [0.2, 0.25) is 0 Å². The van der Waals surface area contributed by atoms with Crippen LogP contribution in [-0.2, 0) is 14.3 Å². The molecule has 102 valence electrons. The molecular weight excluding hydrogens is 246 g/mol. The van der Waals surface area contributed by atoms with Crippen molar-refractivity contribution < 1.29 is 19.1 Å². The molecule has 0 aliphatic rings. The van der Waals surface area contributed by atoms with Crippen molar-refractivity contribution in [2.45, 2.75) is 13.3 Å². The molecule has 19 heavy (non-hydrogen) atoms. The van der Waals surface area contributed by atoms with Gasteiger partial charge in [0.2, 0.25) is 0 Å². The normalized spacial score (nSPS) is 10.4. The number of hydrogen-bond donors (Lipinski definition) is 1. The molecule has 0 aliphatic carbocycles. The first-order valence-electron chi connectivity index (χ1n) is 5.88. The van der Waals surface area contributed by atoms with Crippen molar-refractivity contribution in [3.8, 4) is 0 Å². The average molecular weight is 263 g/mol. The lowest BCUT2D eigenvalue weighted by Crippen LogP contribution is -2.05. The molecule has 1 aromatic carbocycles. The van der Waals surface area contributed by atoms with Crippen LogP contribution < -0.4 is 5.73 Å². The number of nitrogens with two attached hydrogens (primary N) is 1. The van der Waals surface area contributed by atoms with Crippen molar-refractivity contribution in [2.24, 2.45) is 0 Å². The average Bonchev–Trinajstić information content (AvgIpc) is 2.40. The van der Waals surface area contributed by atoms with Gasteiger partial charge >= 0.3 is 11.9 Å². The van der Waals surface area contributed by atoms with Crippen LogP contribution >= 0.6 is 0 Å². The van der Waals surface area contributed by atoms with Crippen molar-refractivity contribution in [3.63, 3.8) is 0 Å². The van der Waals surface area contributed by atoms with Gasteiger partial charge in [0.15, 0.2) is 0 Å².